The van der Waals surface area contributed by atoms with Gasteiger partial charge in [0.2, 0.25) is 5.91 Å². The van der Waals surface area contributed by atoms with Crippen LogP contribution in [0.2, 0.25) is 0 Å². The van der Waals surface area contributed by atoms with Crippen molar-refractivity contribution in [3.63, 3.8) is 0 Å². The molecule has 1 amide bonds. The first-order valence-electron chi connectivity index (χ1n) is 8.61. The summed E-state index contributed by atoms with van der Waals surface area (Å²) in [7, 11) is 0. The number of nitrogens with zero attached hydrogens (tertiary/aromatic N) is 5. The molecule has 0 saturated carbocycles. The van der Waals surface area contributed by atoms with Crippen molar-refractivity contribution in [3.8, 4) is 11.5 Å². The largest absolute Gasteiger partial charge is 0.383 e. The molecule has 5 rings (SSSR count). The van der Waals surface area contributed by atoms with Crippen LogP contribution >= 0.6 is 0 Å². The van der Waals surface area contributed by atoms with Crippen molar-refractivity contribution in [2.75, 3.05) is 11.1 Å². The number of nitrogen functional groups attached to an aromatic ring is 1. The lowest BCUT2D eigenvalue weighted by Gasteiger charge is -2.05. The van der Waals surface area contributed by atoms with Gasteiger partial charge in [-0.05, 0) is 18.2 Å². The van der Waals surface area contributed by atoms with E-state index >= 15 is 0 Å². The number of carbonyl (C=O) groups excluding carboxylic acids is 1. The van der Waals surface area contributed by atoms with Crippen molar-refractivity contribution in [1.82, 2.24) is 24.7 Å². The van der Waals surface area contributed by atoms with Crippen molar-refractivity contribution in [2.45, 2.75) is 13.0 Å². The molecule has 28 heavy (non-hydrogen) atoms. The fraction of sp³-hybridized carbons (Fsp3) is 0.105. The van der Waals surface area contributed by atoms with Crippen LogP contribution in [0.5, 0.6) is 0 Å². The molecule has 138 valence electrons. The number of rotatable bonds is 3. The highest BCUT2D eigenvalue weighted by molar-refractivity contribution is 6.00. The van der Waals surface area contributed by atoms with Gasteiger partial charge in [0.1, 0.15) is 23.1 Å². The minimum Gasteiger partial charge on any atom is -0.383 e. The highest BCUT2D eigenvalue weighted by Crippen LogP contribution is 2.31. The zero-order valence-electron chi connectivity index (χ0n) is 14.6. The number of nitrogens with two attached hydrogens (primary N) is 1. The average Bonchev–Trinajstić information content (AvgIpc) is 3.24. The van der Waals surface area contributed by atoms with Gasteiger partial charge in [-0.2, -0.15) is 5.10 Å². The molecule has 0 aliphatic carbocycles. The number of benzene rings is 1. The number of fused-ring (bicyclic) bond motifs is 2. The minimum atomic E-state index is -0.315. The molecule has 0 saturated heterocycles. The third kappa shape index (κ3) is 2.56. The molecule has 0 bridgehead atoms. The van der Waals surface area contributed by atoms with Crippen molar-refractivity contribution >= 4 is 28.6 Å². The SMILES string of the molecule is Nc1nc(-c2nn(Cc3ccccc3F)c3ncccc23)nc2c1CC(=O)N2. The van der Waals surface area contributed by atoms with E-state index < -0.39 is 0 Å². The standard InChI is InChI=1S/C19H14FN7O/c20-13-6-2-1-4-10(13)9-27-19-11(5-3-7-22-19)15(26-27)18-24-16(21)12-8-14(28)23-17(12)25-18/h1-7H,8-9H2,(H3,21,23,24,25,28). The maximum absolute atomic E-state index is 14.1. The summed E-state index contributed by atoms with van der Waals surface area (Å²) in [5, 5.41) is 7.97. The Kier molecular flexibility index (Phi) is 3.54. The van der Waals surface area contributed by atoms with Gasteiger partial charge in [0.15, 0.2) is 11.5 Å². The van der Waals surface area contributed by atoms with Gasteiger partial charge in [0.05, 0.1) is 18.4 Å². The van der Waals surface area contributed by atoms with Crippen LogP contribution < -0.4 is 11.1 Å². The summed E-state index contributed by atoms with van der Waals surface area (Å²) >= 11 is 0. The van der Waals surface area contributed by atoms with Gasteiger partial charge >= 0.3 is 0 Å². The Morgan fingerprint density at radius 2 is 2.04 bits per heavy atom. The molecule has 0 radical (unpaired) electrons. The second-order valence-electron chi connectivity index (χ2n) is 6.46. The monoisotopic (exact) mass is 375 g/mol. The van der Waals surface area contributed by atoms with Gasteiger partial charge in [-0.1, -0.05) is 18.2 Å². The predicted octanol–water partition coefficient (Wildman–Crippen LogP) is 2.15. The summed E-state index contributed by atoms with van der Waals surface area (Å²) < 4.78 is 15.7. The lowest BCUT2D eigenvalue weighted by atomic mass is 10.2. The van der Waals surface area contributed by atoms with Crippen LogP contribution in [0.15, 0.2) is 42.6 Å². The molecule has 9 heteroatoms. The Hall–Kier alpha value is -3.88. The zero-order chi connectivity index (χ0) is 19.3. The van der Waals surface area contributed by atoms with Crippen LogP contribution in [0, 0.1) is 5.82 Å². The first-order chi connectivity index (χ1) is 13.6. The van der Waals surface area contributed by atoms with E-state index in [1.807, 2.05) is 6.07 Å². The number of carbonyl (C=O) groups is 1. The van der Waals surface area contributed by atoms with Crippen LogP contribution in [0.1, 0.15) is 11.1 Å². The maximum Gasteiger partial charge on any atom is 0.230 e. The Morgan fingerprint density at radius 3 is 2.89 bits per heavy atom. The van der Waals surface area contributed by atoms with Crippen molar-refractivity contribution < 1.29 is 9.18 Å². The highest BCUT2D eigenvalue weighted by atomic mass is 19.1. The molecule has 3 aromatic heterocycles. The number of nitrogens with one attached hydrogen (secondary N) is 1. The second-order valence-corrected chi connectivity index (χ2v) is 6.46. The van der Waals surface area contributed by atoms with Gasteiger partial charge in [-0.15, -0.1) is 0 Å². The number of halogens is 1. The molecule has 4 heterocycles. The van der Waals surface area contributed by atoms with Gasteiger partial charge in [-0.25, -0.2) is 24.0 Å². The summed E-state index contributed by atoms with van der Waals surface area (Å²) in [5.41, 5.74) is 8.14. The van der Waals surface area contributed by atoms with Gasteiger partial charge in [0.25, 0.3) is 0 Å². The Bertz CT molecular complexity index is 1250. The van der Waals surface area contributed by atoms with Gasteiger partial charge in [-0.3, -0.25) is 4.79 Å². The van der Waals surface area contributed by atoms with Crippen molar-refractivity contribution in [2.24, 2.45) is 0 Å². The highest BCUT2D eigenvalue weighted by Gasteiger charge is 2.25. The third-order valence-electron chi connectivity index (χ3n) is 4.63. The fourth-order valence-corrected chi connectivity index (χ4v) is 3.29. The minimum absolute atomic E-state index is 0.158. The van der Waals surface area contributed by atoms with E-state index in [1.165, 1.54) is 6.07 Å². The van der Waals surface area contributed by atoms with Crippen LogP contribution in [-0.2, 0) is 17.8 Å². The smallest absolute Gasteiger partial charge is 0.230 e. The maximum atomic E-state index is 14.1. The van der Waals surface area contributed by atoms with E-state index in [0.29, 0.717) is 33.7 Å². The molecule has 3 N–H and O–H groups in total. The van der Waals surface area contributed by atoms with Crippen molar-refractivity contribution in [1.29, 1.82) is 0 Å². The quantitative estimate of drug-likeness (QED) is 0.567. The number of anilines is 2. The molecule has 8 nitrogen and oxygen atoms in total. The molecule has 0 fully saturated rings. The van der Waals surface area contributed by atoms with E-state index in [4.69, 9.17) is 5.73 Å². The van der Waals surface area contributed by atoms with Crippen molar-refractivity contribution in [3.05, 3.63) is 59.5 Å². The number of pyridine rings is 1. The van der Waals surface area contributed by atoms with Crippen LogP contribution in [0.25, 0.3) is 22.6 Å². The van der Waals surface area contributed by atoms with E-state index in [-0.39, 0.29) is 36.3 Å². The zero-order valence-corrected chi connectivity index (χ0v) is 14.6. The summed E-state index contributed by atoms with van der Waals surface area (Å²) in [4.78, 5) is 24.8. The lowest BCUT2D eigenvalue weighted by molar-refractivity contribution is -0.115. The number of amides is 1. The van der Waals surface area contributed by atoms with Crippen LogP contribution in [-0.4, -0.2) is 30.6 Å². The number of aromatic nitrogens is 5. The van der Waals surface area contributed by atoms with E-state index in [0.717, 1.165) is 0 Å². The summed E-state index contributed by atoms with van der Waals surface area (Å²) in [6.07, 6.45) is 1.80. The summed E-state index contributed by atoms with van der Waals surface area (Å²) in [6.45, 7) is 0.206. The van der Waals surface area contributed by atoms with Crippen LogP contribution in [0.3, 0.4) is 0 Å². The fourth-order valence-electron chi connectivity index (χ4n) is 3.29. The second kappa shape index (κ2) is 6.08. The van der Waals surface area contributed by atoms with Crippen LogP contribution in [0.4, 0.5) is 16.0 Å². The molecular formula is C19H14FN7O. The Labute approximate surface area is 158 Å². The number of hydrogen-bond donors (Lipinski definition) is 2. The third-order valence-corrected chi connectivity index (χ3v) is 4.63. The Morgan fingerprint density at radius 1 is 1.18 bits per heavy atom. The van der Waals surface area contributed by atoms with E-state index in [1.54, 1.807) is 35.1 Å². The molecule has 4 aromatic rings. The summed E-state index contributed by atoms with van der Waals surface area (Å²) in [5.74, 6) is 0.421. The van der Waals surface area contributed by atoms with E-state index in [9.17, 15) is 9.18 Å². The predicted molar refractivity (Wildman–Crippen MR) is 101 cm³/mol. The first-order valence-corrected chi connectivity index (χ1v) is 8.61. The summed E-state index contributed by atoms with van der Waals surface area (Å²) in [6, 6.07) is 10.1. The van der Waals surface area contributed by atoms with Gasteiger partial charge < -0.3 is 11.1 Å². The molecule has 1 aromatic carbocycles. The molecule has 0 spiro atoms. The van der Waals surface area contributed by atoms with Gasteiger partial charge in [0, 0.05) is 17.3 Å². The molecule has 1 aliphatic heterocycles. The molecule has 0 unspecified atom stereocenters. The van der Waals surface area contributed by atoms with E-state index in [2.05, 4.69) is 25.4 Å². The lowest BCUT2D eigenvalue weighted by Crippen LogP contribution is -2.06. The molecule has 0 atom stereocenters. The first kappa shape index (κ1) is 16.3. The average molecular weight is 375 g/mol. The molecule has 1 aliphatic rings. The topological polar surface area (TPSA) is 112 Å². The molecular weight excluding hydrogens is 361 g/mol. The Balaban J connectivity index is 1.66. The normalized spacial score (nSPS) is 13.0. The number of hydrogen-bond acceptors (Lipinski definition) is 6.